The molecule has 0 aliphatic heterocycles. The third kappa shape index (κ3) is 2.49. The number of allylic oxidation sites excluding steroid dienone is 2. The minimum Gasteiger partial charge on any atom is -0.508 e. The number of benzene rings is 1. The lowest BCUT2D eigenvalue weighted by Crippen LogP contribution is -2.49. The van der Waals surface area contributed by atoms with Gasteiger partial charge in [0.1, 0.15) is 5.75 Å². The van der Waals surface area contributed by atoms with Crippen LogP contribution in [0.15, 0.2) is 35.9 Å². The second-order valence-electron chi connectivity index (χ2n) is 8.47. The van der Waals surface area contributed by atoms with Crippen LogP contribution in [0.25, 0.3) is 0 Å². The molecule has 0 spiro atoms. The Morgan fingerprint density at radius 1 is 1.14 bits per heavy atom. The molecule has 0 aromatic heterocycles. The van der Waals surface area contributed by atoms with Crippen LogP contribution in [0.1, 0.15) is 58.9 Å². The molecule has 0 bridgehead atoms. The molecule has 1 heteroatoms. The average molecular weight is 298 g/mol. The first-order chi connectivity index (χ1) is 10.3. The van der Waals surface area contributed by atoms with Crippen LogP contribution in [0, 0.1) is 22.7 Å². The summed E-state index contributed by atoms with van der Waals surface area (Å²) in [6.07, 6.45) is 8.69. The SMILES string of the molecule is CC1=CC[C@H]2C(C)(C)CCC[C@]2(C)[C@H]1Cc1ccccc1O. The highest BCUT2D eigenvalue weighted by molar-refractivity contribution is 5.34. The number of hydrogen-bond donors (Lipinski definition) is 1. The van der Waals surface area contributed by atoms with Crippen molar-refractivity contribution < 1.29 is 5.11 Å². The van der Waals surface area contributed by atoms with E-state index in [4.69, 9.17) is 0 Å². The fraction of sp³-hybridized carbons (Fsp3) is 0.619. The van der Waals surface area contributed by atoms with Crippen LogP contribution in [-0.2, 0) is 6.42 Å². The van der Waals surface area contributed by atoms with Crippen LogP contribution in [0.4, 0.5) is 0 Å². The Morgan fingerprint density at radius 2 is 1.86 bits per heavy atom. The lowest BCUT2D eigenvalue weighted by molar-refractivity contribution is -0.0369. The van der Waals surface area contributed by atoms with E-state index in [0.717, 1.165) is 17.9 Å². The van der Waals surface area contributed by atoms with Crippen LogP contribution in [0.5, 0.6) is 5.75 Å². The predicted octanol–water partition coefficient (Wildman–Crippen LogP) is 5.73. The molecule has 0 unspecified atom stereocenters. The Hall–Kier alpha value is -1.24. The summed E-state index contributed by atoms with van der Waals surface area (Å²) in [7, 11) is 0. The van der Waals surface area contributed by atoms with Crippen molar-refractivity contribution >= 4 is 0 Å². The number of fused-ring (bicyclic) bond motifs is 1. The number of rotatable bonds is 2. The van der Waals surface area contributed by atoms with Gasteiger partial charge in [-0.3, -0.25) is 0 Å². The summed E-state index contributed by atoms with van der Waals surface area (Å²) in [4.78, 5) is 0. The van der Waals surface area contributed by atoms with Gasteiger partial charge < -0.3 is 5.11 Å². The zero-order valence-electron chi connectivity index (χ0n) is 14.5. The van der Waals surface area contributed by atoms with Crippen molar-refractivity contribution in [3.63, 3.8) is 0 Å². The topological polar surface area (TPSA) is 20.2 Å². The smallest absolute Gasteiger partial charge is 0.118 e. The van der Waals surface area contributed by atoms with E-state index >= 15 is 0 Å². The second kappa shape index (κ2) is 5.44. The predicted molar refractivity (Wildman–Crippen MR) is 92.9 cm³/mol. The lowest BCUT2D eigenvalue weighted by Gasteiger charge is -2.57. The van der Waals surface area contributed by atoms with E-state index in [1.165, 1.54) is 31.3 Å². The van der Waals surface area contributed by atoms with E-state index in [-0.39, 0.29) is 0 Å². The molecule has 1 nitrogen and oxygen atoms in total. The molecule has 0 saturated heterocycles. The van der Waals surface area contributed by atoms with Gasteiger partial charge in [-0.15, -0.1) is 0 Å². The lowest BCUT2D eigenvalue weighted by atomic mass is 9.48. The molecule has 3 rings (SSSR count). The molecule has 22 heavy (non-hydrogen) atoms. The van der Waals surface area contributed by atoms with E-state index in [0.29, 0.717) is 22.5 Å². The van der Waals surface area contributed by atoms with Crippen molar-refractivity contribution in [2.24, 2.45) is 22.7 Å². The van der Waals surface area contributed by atoms with E-state index in [9.17, 15) is 5.11 Å². The Balaban J connectivity index is 1.97. The van der Waals surface area contributed by atoms with Crippen molar-refractivity contribution in [1.82, 2.24) is 0 Å². The Bertz CT molecular complexity index is 583. The summed E-state index contributed by atoms with van der Waals surface area (Å²) in [5.74, 6) is 1.77. The standard InChI is InChI=1S/C21H30O/c1-15-10-11-19-20(2,3)12-7-13-21(19,4)17(15)14-16-8-5-6-9-18(16)22/h5-6,8-10,17,19,22H,7,11-14H2,1-4H3/t17-,19-,21+/m0/s1. The van der Waals surface area contributed by atoms with Gasteiger partial charge in [-0.25, -0.2) is 0 Å². The van der Waals surface area contributed by atoms with Gasteiger partial charge in [0.05, 0.1) is 0 Å². The zero-order valence-corrected chi connectivity index (χ0v) is 14.5. The largest absolute Gasteiger partial charge is 0.508 e. The minimum absolute atomic E-state index is 0.364. The maximum Gasteiger partial charge on any atom is 0.118 e. The van der Waals surface area contributed by atoms with Crippen molar-refractivity contribution in [2.45, 2.75) is 59.8 Å². The van der Waals surface area contributed by atoms with E-state index in [1.807, 2.05) is 18.2 Å². The molecule has 0 radical (unpaired) electrons. The number of para-hydroxylation sites is 1. The fourth-order valence-electron chi connectivity index (χ4n) is 5.43. The molecule has 0 heterocycles. The maximum absolute atomic E-state index is 10.2. The number of hydrogen-bond acceptors (Lipinski definition) is 1. The Labute approximate surface area is 135 Å². The van der Waals surface area contributed by atoms with Crippen LogP contribution < -0.4 is 0 Å². The van der Waals surface area contributed by atoms with Gasteiger partial charge in [0.2, 0.25) is 0 Å². The summed E-state index contributed by atoms with van der Waals surface area (Å²) in [6.45, 7) is 9.73. The van der Waals surface area contributed by atoms with Gasteiger partial charge in [0.25, 0.3) is 0 Å². The number of phenolic OH excluding ortho intramolecular Hbond substituents is 1. The summed E-state index contributed by atoms with van der Waals surface area (Å²) < 4.78 is 0. The van der Waals surface area contributed by atoms with E-state index in [1.54, 1.807) is 0 Å². The van der Waals surface area contributed by atoms with Crippen molar-refractivity contribution in [2.75, 3.05) is 0 Å². The molecule has 1 aromatic rings. The molecular weight excluding hydrogens is 268 g/mol. The van der Waals surface area contributed by atoms with Crippen LogP contribution in [0.3, 0.4) is 0 Å². The fourth-order valence-corrected chi connectivity index (χ4v) is 5.43. The second-order valence-corrected chi connectivity index (χ2v) is 8.47. The molecule has 2 aliphatic rings. The first-order valence-electron chi connectivity index (χ1n) is 8.78. The normalized spacial score (nSPS) is 33.9. The Morgan fingerprint density at radius 3 is 2.59 bits per heavy atom. The quantitative estimate of drug-likeness (QED) is 0.691. The molecule has 2 aliphatic carbocycles. The molecule has 0 amide bonds. The van der Waals surface area contributed by atoms with Gasteiger partial charge in [-0.1, -0.05) is 57.0 Å². The third-order valence-corrected chi connectivity index (χ3v) is 6.71. The van der Waals surface area contributed by atoms with Gasteiger partial charge >= 0.3 is 0 Å². The first-order valence-corrected chi connectivity index (χ1v) is 8.78. The van der Waals surface area contributed by atoms with Gasteiger partial charge in [-0.05, 0) is 66.9 Å². The summed E-state index contributed by atoms with van der Waals surface area (Å²) in [5.41, 5.74) is 3.43. The molecule has 3 atom stereocenters. The number of aromatic hydroxyl groups is 1. The van der Waals surface area contributed by atoms with Gasteiger partial charge in [0, 0.05) is 0 Å². The highest BCUT2D eigenvalue weighted by atomic mass is 16.3. The minimum atomic E-state index is 0.364. The van der Waals surface area contributed by atoms with Gasteiger partial charge in [-0.2, -0.15) is 0 Å². The summed E-state index contributed by atoms with van der Waals surface area (Å²) in [5, 5.41) is 10.2. The molecule has 1 N–H and O–H groups in total. The third-order valence-electron chi connectivity index (χ3n) is 6.71. The first kappa shape index (κ1) is 15.6. The highest BCUT2D eigenvalue weighted by Gasteiger charge is 2.51. The molecule has 1 aromatic carbocycles. The van der Waals surface area contributed by atoms with Crippen LogP contribution >= 0.6 is 0 Å². The molecule has 120 valence electrons. The monoisotopic (exact) mass is 298 g/mol. The van der Waals surface area contributed by atoms with Crippen molar-refractivity contribution in [3.8, 4) is 5.75 Å². The number of phenols is 1. The van der Waals surface area contributed by atoms with E-state index in [2.05, 4.69) is 39.8 Å². The van der Waals surface area contributed by atoms with Crippen molar-refractivity contribution in [3.05, 3.63) is 41.5 Å². The maximum atomic E-state index is 10.2. The van der Waals surface area contributed by atoms with Crippen LogP contribution in [0.2, 0.25) is 0 Å². The average Bonchev–Trinajstić information content (AvgIpc) is 2.44. The van der Waals surface area contributed by atoms with Crippen LogP contribution in [-0.4, -0.2) is 5.11 Å². The highest BCUT2D eigenvalue weighted by Crippen LogP contribution is 2.60. The summed E-state index contributed by atoms with van der Waals surface area (Å²) >= 11 is 0. The van der Waals surface area contributed by atoms with Crippen molar-refractivity contribution in [1.29, 1.82) is 0 Å². The van der Waals surface area contributed by atoms with E-state index < -0.39 is 0 Å². The zero-order chi connectivity index (χ0) is 16.0. The Kier molecular flexibility index (Phi) is 3.87. The summed E-state index contributed by atoms with van der Waals surface area (Å²) in [6, 6.07) is 7.86. The molecular formula is C21H30O. The van der Waals surface area contributed by atoms with Gasteiger partial charge in [0.15, 0.2) is 0 Å². The molecule has 1 saturated carbocycles. The molecule has 1 fully saturated rings.